The Hall–Kier alpha value is -1.81. The summed E-state index contributed by atoms with van der Waals surface area (Å²) in [5, 5.41) is 2.98. The molecule has 22 heavy (non-hydrogen) atoms. The van der Waals surface area contributed by atoms with Crippen LogP contribution in [0.25, 0.3) is 0 Å². The fourth-order valence-corrected chi connectivity index (χ4v) is 2.74. The fourth-order valence-electron chi connectivity index (χ4n) is 2.11. The molecule has 2 aromatic carbocycles. The molecule has 0 aliphatic carbocycles. The van der Waals surface area contributed by atoms with Crippen LogP contribution in [0.4, 0.5) is 0 Å². The zero-order valence-corrected chi connectivity index (χ0v) is 14.4. The van der Waals surface area contributed by atoms with Crippen LogP contribution in [0.3, 0.4) is 0 Å². The van der Waals surface area contributed by atoms with Crippen molar-refractivity contribution in [3.63, 3.8) is 0 Å². The predicted molar refractivity (Wildman–Crippen MR) is 92.0 cm³/mol. The summed E-state index contributed by atoms with van der Waals surface area (Å²) in [6.07, 6.45) is 0.336. The predicted octanol–water partition coefficient (Wildman–Crippen LogP) is 4.40. The first-order chi connectivity index (χ1) is 10.6. The first-order valence-corrected chi connectivity index (χ1v) is 8.09. The second kappa shape index (κ2) is 7.99. The fraction of sp³-hybridized carbons (Fsp3) is 0.278. The number of aryl methyl sites for hydroxylation is 1. The van der Waals surface area contributed by atoms with Crippen LogP contribution in [-0.2, 0) is 4.79 Å². The molecule has 3 nitrogen and oxygen atoms in total. The maximum absolute atomic E-state index is 12.0. The number of carbonyl (C=O) groups excluding carboxylic acids is 1. The quantitative estimate of drug-likeness (QED) is 0.827. The maximum atomic E-state index is 12.0. The Morgan fingerprint density at radius 3 is 2.55 bits per heavy atom. The first-order valence-electron chi connectivity index (χ1n) is 7.29. The summed E-state index contributed by atoms with van der Waals surface area (Å²) in [5.74, 6) is 0.771. The zero-order chi connectivity index (χ0) is 15.9. The molecule has 2 aromatic rings. The smallest absolute Gasteiger partial charge is 0.223 e. The van der Waals surface area contributed by atoms with Gasteiger partial charge in [-0.3, -0.25) is 4.79 Å². The Bertz CT molecular complexity index is 625. The minimum atomic E-state index is -0.0394. The number of amides is 1. The average molecular weight is 362 g/mol. The highest BCUT2D eigenvalue weighted by Crippen LogP contribution is 2.22. The molecule has 4 heteroatoms. The van der Waals surface area contributed by atoms with Gasteiger partial charge in [-0.15, -0.1) is 0 Å². The topological polar surface area (TPSA) is 38.3 Å². The van der Waals surface area contributed by atoms with Crippen molar-refractivity contribution < 1.29 is 9.53 Å². The molecule has 0 spiro atoms. The summed E-state index contributed by atoms with van der Waals surface area (Å²) in [6.45, 7) is 4.37. The monoisotopic (exact) mass is 361 g/mol. The van der Waals surface area contributed by atoms with E-state index < -0.39 is 0 Å². The molecule has 0 aromatic heterocycles. The molecule has 2 rings (SSSR count). The number of hydrogen-bond donors (Lipinski definition) is 1. The molecule has 0 fully saturated rings. The van der Waals surface area contributed by atoms with E-state index in [1.807, 2.05) is 62.4 Å². The normalized spacial score (nSPS) is 11.8. The van der Waals surface area contributed by atoms with E-state index in [4.69, 9.17) is 4.74 Å². The Balaban J connectivity index is 1.78. The second-order valence-corrected chi connectivity index (χ2v) is 6.08. The van der Waals surface area contributed by atoms with Crippen LogP contribution in [0, 0.1) is 6.92 Å². The molecule has 1 atom stereocenters. The highest BCUT2D eigenvalue weighted by atomic mass is 79.9. The van der Waals surface area contributed by atoms with Crippen molar-refractivity contribution in [2.24, 2.45) is 0 Å². The maximum Gasteiger partial charge on any atom is 0.223 e. The van der Waals surface area contributed by atoms with Gasteiger partial charge in [0.2, 0.25) is 5.91 Å². The lowest BCUT2D eigenvalue weighted by molar-refractivity contribution is -0.122. The van der Waals surface area contributed by atoms with Gasteiger partial charge in [0, 0.05) is 4.47 Å². The van der Waals surface area contributed by atoms with E-state index in [9.17, 15) is 4.79 Å². The van der Waals surface area contributed by atoms with E-state index in [0.29, 0.717) is 13.0 Å². The lowest BCUT2D eigenvalue weighted by Crippen LogP contribution is -2.28. The highest BCUT2D eigenvalue weighted by Gasteiger charge is 2.11. The lowest BCUT2D eigenvalue weighted by Gasteiger charge is -2.16. The number of halogens is 1. The SMILES string of the molecule is Cc1ccc(OCCC(=O)NC(C)c2ccccc2Br)cc1. The molecule has 1 N–H and O–H groups in total. The van der Waals surface area contributed by atoms with Gasteiger partial charge < -0.3 is 10.1 Å². The van der Waals surface area contributed by atoms with E-state index in [-0.39, 0.29) is 11.9 Å². The van der Waals surface area contributed by atoms with Gasteiger partial charge in [-0.2, -0.15) is 0 Å². The molecule has 0 saturated carbocycles. The summed E-state index contributed by atoms with van der Waals surface area (Å²) in [6, 6.07) is 15.7. The number of rotatable bonds is 6. The van der Waals surface area contributed by atoms with Crippen LogP contribution in [0.2, 0.25) is 0 Å². The van der Waals surface area contributed by atoms with Crippen LogP contribution < -0.4 is 10.1 Å². The van der Waals surface area contributed by atoms with E-state index in [2.05, 4.69) is 21.2 Å². The van der Waals surface area contributed by atoms with Gasteiger partial charge in [-0.25, -0.2) is 0 Å². The van der Waals surface area contributed by atoms with Crippen LogP contribution in [0.15, 0.2) is 53.0 Å². The molecule has 0 saturated heterocycles. The summed E-state index contributed by atoms with van der Waals surface area (Å²) >= 11 is 3.50. The number of nitrogens with one attached hydrogen (secondary N) is 1. The van der Waals surface area contributed by atoms with E-state index in [1.165, 1.54) is 5.56 Å². The molecule has 1 amide bonds. The molecular formula is C18H20BrNO2. The van der Waals surface area contributed by atoms with Crippen LogP contribution in [0.5, 0.6) is 5.75 Å². The van der Waals surface area contributed by atoms with Gasteiger partial charge in [0.1, 0.15) is 5.75 Å². The lowest BCUT2D eigenvalue weighted by atomic mass is 10.1. The van der Waals surface area contributed by atoms with E-state index in [1.54, 1.807) is 0 Å². The van der Waals surface area contributed by atoms with Crippen molar-refractivity contribution in [3.8, 4) is 5.75 Å². The minimum Gasteiger partial charge on any atom is -0.493 e. The summed E-state index contributed by atoms with van der Waals surface area (Å²) in [5.41, 5.74) is 2.25. The second-order valence-electron chi connectivity index (χ2n) is 5.22. The Labute approximate surface area is 139 Å². The van der Waals surface area contributed by atoms with Gasteiger partial charge in [0.15, 0.2) is 0 Å². The molecule has 116 valence electrons. The van der Waals surface area contributed by atoms with Crippen molar-refractivity contribution >= 4 is 21.8 Å². The van der Waals surface area contributed by atoms with Gasteiger partial charge in [-0.05, 0) is 37.6 Å². The Kier molecular flexibility index (Phi) is 6.01. The number of ether oxygens (including phenoxy) is 1. The van der Waals surface area contributed by atoms with Crippen molar-refractivity contribution in [3.05, 3.63) is 64.1 Å². The largest absolute Gasteiger partial charge is 0.493 e. The van der Waals surface area contributed by atoms with Gasteiger partial charge >= 0.3 is 0 Å². The molecule has 0 aliphatic heterocycles. The average Bonchev–Trinajstić information content (AvgIpc) is 2.49. The number of carbonyl (C=O) groups is 1. The van der Waals surface area contributed by atoms with Crippen molar-refractivity contribution in [2.45, 2.75) is 26.3 Å². The Morgan fingerprint density at radius 1 is 1.18 bits per heavy atom. The number of benzene rings is 2. The summed E-state index contributed by atoms with van der Waals surface area (Å²) in [7, 11) is 0. The third-order valence-electron chi connectivity index (χ3n) is 3.37. The van der Waals surface area contributed by atoms with Crippen LogP contribution in [0.1, 0.15) is 30.5 Å². The van der Waals surface area contributed by atoms with Crippen molar-refractivity contribution in [1.29, 1.82) is 0 Å². The molecule has 0 heterocycles. The van der Waals surface area contributed by atoms with E-state index in [0.717, 1.165) is 15.8 Å². The first kappa shape index (κ1) is 16.6. The third-order valence-corrected chi connectivity index (χ3v) is 4.09. The minimum absolute atomic E-state index is 0.0182. The summed E-state index contributed by atoms with van der Waals surface area (Å²) in [4.78, 5) is 12.0. The standard InChI is InChI=1S/C18H20BrNO2/c1-13-7-9-15(10-8-13)22-12-11-18(21)20-14(2)16-5-3-4-6-17(16)19/h3-10,14H,11-12H2,1-2H3,(H,20,21). The molecule has 1 unspecified atom stereocenters. The molecule has 0 radical (unpaired) electrons. The Morgan fingerprint density at radius 2 is 1.86 bits per heavy atom. The van der Waals surface area contributed by atoms with Crippen LogP contribution >= 0.6 is 15.9 Å². The van der Waals surface area contributed by atoms with E-state index >= 15 is 0 Å². The molecule has 0 bridgehead atoms. The number of hydrogen-bond acceptors (Lipinski definition) is 2. The van der Waals surface area contributed by atoms with Crippen molar-refractivity contribution in [1.82, 2.24) is 5.32 Å². The molecular weight excluding hydrogens is 342 g/mol. The van der Waals surface area contributed by atoms with Crippen LogP contribution in [-0.4, -0.2) is 12.5 Å². The van der Waals surface area contributed by atoms with Gasteiger partial charge in [0.05, 0.1) is 19.1 Å². The summed E-state index contributed by atoms with van der Waals surface area (Å²) < 4.78 is 6.57. The van der Waals surface area contributed by atoms with Gasteiger partial charge in [0.25, 0.3) is 0 Å². The molecule has 0 aliphatic rings. The third kappa shape index (κ3) is 4.88. The van der Waals surface area contributed by atoms with Crippen molar-refractivity contribution in [2.75, 3.05) is 6.61 Å². The zero-order valence-electron chi connectivity index (χ0n) is 12.8. The highest BCUT2D eigenvalue weighted by molar-refractivity contribution is 9.10. The van der Waals surface area contributed by atoms with Gasteiger partial charge in [-0.1, -0.05) is 51.8 Å².